The fourth-order valence-corrected chi connectivity index (χ4v) is 2.26. The highest BCUT2D eigenvalue weighted by Gasteiger charge is 2.31. The molecule has 1 heterocycles. The Hall–Kier alpha value is -2.30. The minimum atomic E-state index is -1.32. The van der Waals surface area contributed by atoms with Crippen molar-refractivity contribution >= 4 is 17.6 Å². The van der Waals surface area contributed by atoms with E-state index < -0.39 is 17.7 Å². The van der Waals surface area contributed by atoms with Crippen LogP contribution in [-0.4, -0.2) is 22.6 Å². The van der Waals surface area contributed by atoms with Crippen LogP contribution in [0.2, 0.25) is 0 Å². The van der Waals surface area contributed by atoms with Gasteiger partial charge >= 0.3 is 6.09 Å². The molecule has 0 radical (unpaired) electrons. The smallest absolute Gasteiger partial charge is 0.414 e. The lowest BCUT2D eigenvalue weighted by Gasteiger charge is -2.34. The summed E-state index contributed by atoms with van der Waals surface area (Å²) in [7, 11) is 0. The Morgan fingerprint density at radius 1 is 1.24 bits per heavy atom. The monoisotopic (exact) mass is 288 g/mol. The van der Waals surface area contributed by atoms with Crippen molar-refractivity contribution in [3.63, 3.8) is 0 Å². The summed E-state index contributed by atoms with van der Waals surface area (Å²) in [6.07, 6.45) is 0.708. The second-order valence-electron chi connectivity index (χ2n) is 5.98. The lowest BCUT2D eigenvalue weighted by Crippen LogP contribution is -2.38. The molecule has 0 bridgehead atoms. The number of ether oxygens (including phenoxy) is 1. The zero-order chi connectivity index (χ0) is 15.8. The number of hydrogen-bond donors (Lipinski definition) is 0. The molecule has 2 rings (SSSR count). The van der Waals surface area contributed by atoms with E-state index in [1.807, 2.05) is 6.92 Å². The third-order valence-electron chi connectivity index (χ3n) is 3.21. The number of carboxylic acid groups (broad SMARTS) is 1. The van der Waals surface area contributed by atoms with Gasteiger partial charge in [0.25, 0.3) is 0 Å². The van der Waals surface area contributed by atoms with Gasteiger partial charge in [0.05, 0.1) is 12.0 Å². The van der Waals surface area contributed by atoms with E-state index in [9.17, 15) is 14.7 Å². The summed E-state index contributed by atoms with van der Waals surface area (Å²) >= 11 is 0. The molecule has 0 aliphatic carbocycles. The SMILES string of the molecule is CC1c2ccccc2C(C(=O)[O-])=CN1C(=O)OC(C)(C)C. The number of carbonyl (C=O) groups excluding carboxylic acids is 2. The van der Waals surface area contributed by atoms with E-state index in [1.54, 1.807) is 45.0 Å². The second-order valence-corrected chi connectivity index (χ2v) is 5.98. The highest BCUT2D eigenvalue weighted by molar-refractivity contribution is 6.15. The summed E-state index contributed by atoms with van der Waals surface area (Å²) in [5, 5.41) is 11.3. The van der Waals surface area contributed by atoms with Crippen molar-refractivity contribution in [1.82, 2.24) is 4.90 Å². The van der Waals surface area contributed by atoms with Crippen LogP contribution in [0.4, 0.5) is 4.79 Å². The van der Waals surface area contributed by atoms with Crippen molar-refractivity contribution < 1.29 is 19.4 Å². The van der Waals surface area contributed by atoms with Crippen LogP contribution in [0.3, 0.4) is 0 Å². The zero-order valence-corrected chi connectivity index (χ0v) is 12.5. The van der Waals surface area contributed by atoms with Gasteiger partial charge in [0.1, 0.15) is 5.60 Å². The molecule has 1 aliphatic heterocycles. The number of carbonyl (C=O) groups is 2. The molecule has 5 nitrogen and oxygen atoms in total. The molecule has 5 heteroatoms. The molecule has 0 N–H and O–H groups in total. The molecule has 0 fully saturated rings. The van der Waals surface area contributed by atoms with Gasteiger partial charge in [-0.3, -0.25) is 4.90 Å². The molecule has 1 aliphatic rings. The number of amides is 1. The van der Waals surface area contributed by atoms with Gasteiger partial charge in [-0.15, -0.1) is 0 Å². The van der Waals surface area contributed by atoms with E-state index in [2.05, 4.69) is 0 Å². The van der Waals surface area contributed by atoms with Crippen molar-refractivity contribution in [3.05, 3.63) is 41.6 Å². The fourth-order valence-electron chi connectivity index (χ4n) is 2.26. The molecular weight excluding hydrogens is 270 g/mol. The van der Waals surface area contributed by atoms with Gasteiger partial charge in [-0.05, 0) is 38.8 Å². The zero-order valence-electron chi connectivity index (χ0n) is 12.5. The number of nitrogens with zero attached hydrogens (tertiary/aromatic N) is 1. The maximum Gasteiger partial charge on any atom is 0.414 e. The van der Waals surface area contributed by atoms with Crippen LogP contribution in [0, 0.1) is 0 Å². The van der Waals surface area contributed by atoms with Crippen LogP contribution in [-0.2, 0) is 9.53 Å². The second kappa shape index (κ2) is 5.24. The first-order valence-corrected chi connectivity index (χ1v) is 6.74. The van der Waals surface area contributed by atoms with Gasteiger partial charge in [0.15, 0.2) is 0 Å². The Bertz CT molecular complexity index is 613. The molecule has 1 aromatic rings. The summed E-state index contributed by atoms with van der Waals surface area (Å²) in [4.78, 5) is 24.9. The fraction of sp³-hybridized carbons (Fsp3) is 0.375. The average Bonchev–Trinajstić information content (AvgIpc) is 2.36. The van der Waals surface area contributed by atoms with E-state index in [1.165, 1.54) is 11.1 Å². The molecule has 0 spiro atoms. The third kappa shape index (κ3) is 3.07. The Morgan fingerprint density at radius 3 is 2.43 bits per heavy atom. The van der Waals surface area contributed by atoms with Crippen LogP contribution in [0.25, 0.3) is 5.57 Å². The van der Waals surface area contributed by atoms with Crippen molar-refractivity contribution in [2.24, 2.45) is 0 Å². The van der Waals surface area contributed by atoms with Gasteiger partial charge in [-0.2, -0.15) is 0 Å². The highest BCUT2D eigenvalue weighted by atomic mass is 16.6. The Kier molecular flexibility index (Phi) is 3.77. The molecular formula is C16H18NO4-. The van der Waals surface area contributed by atoms with Crippen molar-refractivity contribution in [2.45, 2.75) is 39.3 Å². The Balaban J connectivity index is 2.44. The molecule has 0 aromatic heterocycles. The summed E-state index contributed by atoms with van der Waals surface area (Å²) in [5.41, 5.74) is 0.660. The number of benzene rings is 1. The standard InChI is InChI=1S/C16H19NO4/c1-10-11-7-5-6-8-12(11)13(14(18)19)9-17(10)15(20)21-16(2,3)4/h5-10H,1-4H3,(H,18,19)/p-1. The molecule has 21 heavy (non-hydrogen) atoms. The highest BCUT2D eigenvalue weighted by Crippen LogP contribution is 2.35. The van der Waals surface area contributed by atoms with Crippen molar-refractivity contribution in [1.29, 1.82) is 0 Å². The summed E-state index contributed by atoms with van der Waals surface area (Å²) < 4.78 is 5.32. The quantitative estimate of drug-likeness (QED) is 0.793. The van der Waals surface area contributed by atoms with Crippen molar-refractivity contribution in [3.8, 4) is 0 Å². The van der Waals surface area contributed by atoms with Crippen LogP contribution in [0.15, 0.2) is 30.5 Å². The van der Waals surface area contributed by atoms with Crippen LogP contribution in [0.5, 0.6) is 0 Å². The number of carboxylic acids is 1. The summed E-state index contributed by atoms with van der Waals surface area (Å²) in [5.74, 6) is -1.32. The maximum atomic E-state index is 12.2. The van der Waals surface area contributed by atoms with Gasteiger partial charge in [-0.25, -0.2) is 4.79 Å². The largest absolute Gasteiger partial charge is 0.545 e. The Morgan fingerprint density at radius 2 is 1.86 bits per heavy atom. The number of aliphatic carboxylic acids is 1. The predicted molar refractivity (Wildman–Crippen MR) is 75.9 cm³/mol. The topological polar surface area (TPSA) is 69.7 Å². The molecule has 0 saturated carbocycles. The maximum absolute atomic E-state index is 12.2. The summed E-state index contributed by atoms with van der Waals surface area (Å²) in [6.45, 7) is 7.11. The van der Waals surface area contributed by atoms with Crippen LogP contribution < -0.4 is 5.11 Å². The van der Waals surface area contributed by atoms with Gasteiger partial charge in [0.2, 0.25) is 0 Å². The normalized spacial score (nSPS) is 17.8. The minimum Gasteiger partial charge on any atom is -0.545 e. The summed E-state index contributed by atoms with van der Waals surface area (Å²) in [6, 6.07) is 6.76. The number of fused-ring (bicyclic) bond motifs is 1. The lowest BCUT2D eigenvalue weighted by atomic mass is 9.92. The number of hydrogen-bond acceptors (Lipinski definition) is 4. The van der Waals surface area contributed by atoms with E-state index in [4.69, 9.17) is 4.74 Å². The number of rotatable bonds is 1. The first kappa shape index (κ1) is 15.1. The van der Waals surface area contributed by atoms with E-state index >= 15 is 0 Å². The molecule has 1 atom stereocenters. The van der Waals surface area contributed by atoms with Gasteiger partial charge in [0, 0.05) is 11.8 Å². The van der Waals surface area contributed by atoms with Crippen LogP contribution >= 0.6 is 0 Å². The predicted octanol–water partition coefficient (Wildman–Crippen LogP) is 2.09. The van der Waals surface area contributed by atoms with Crippen LogP contribution in [0.1, 0.15) is 44.9 Å². The van der Waals surface area contributed by atoms with Gasteiger partial charge < -0.3 is 14.6 Å². The van der Waals surface area contributed by atoms with E-state index in [0.29, 0.717) is 5.56 Å². The third-order valence-corrected chi connectivity index (χ3v) is 3.21. The molecule has 1 aromatic carbocycles. The van der Waals surface area contributed by atoms with E-state index in [0.717, 1.165) is 5.56 Å². The van der Waals surface area contributed by atoms with Crippen molar-refractivity contribution in [2.75, 3.05) is 0 Å². The first-order valence-electron chi connectivity index (χ1n) is 6.74. The molecule has 0 saturated heterocycles. The average molecular weight is 288 g/mol. The first-order chi connectivity index (χ1) is 9.70. The molecule has 112 valence electrons. The lowest BCUT2D eigenvalue weighted by molar-refractivity contribution is -0.295. The van der Waals surface area contributed by atoms with Gasteiger partial charge in [-0.1, -0.05) is 24.3 Å². The molecule has 1 amide bonds. The minimum absolute atomic E-state index is 0.0189. The Labute approximate surface area is 123 Å². The molecule has 1 unspecified atom stereocenters. The van der Waals surface area contributed by atoms with E-state index in [-0.39, 0.29) is 11.6 Å².